The normalized spacial score (nSPS) is 12.0. The number of halogens is 3. The second kappa shape index (κ2) is 8.06. The molecule has 0 aliphatic rings. The van der Waals surface area contributed by atoms with Crippen molar-refractivity contribution in [2.75, 3.05) is 5.75 Å². The van der Waals surface area contributed by atoms with E-state index in [0.29, 0.717) is 5.75 Å². The molecule has 2 aromatic rings. The van der Waals surface area contributed by atoms with Crippen LogP contribution in [-0.4, -0.2) is 11.7 Å². The Hall–Kier alpha value is -1.95. The van der Waals surface area contributed by atoms with Gasteiger partial charge in [0, 0.05) is 28.7 Å². The highest BCUT2D eigenvalue weighted by atomic mass is 32.2. The molecule has 0 saturated heterocycles. The van der Waals surface area contributed by atoms with Crippen molar-refractivity contribution in [1.29, 1.82) is 0 Å². The Kier molecular flexibility index (Phi) is 6.10. The van der Waals surface area contributed by atoms with E-state index >= 15 is 0 Å². The summed E-state index contributed by atoms with van der Waals surface area (Å²) in [6, 6.07) is 8.75. The van der Waals surface area contributed by atoms with Crippen LogP contribution in [0.25, 0.3) is 0 Å². The minimum absolute atomic E-state index is 0.226. The molecule has 2 aromatic carbocycles. The van der Waals surface area contributed by atoms with E-state index < -0.39 is 17.7 Å². The third-order valence-electron chi connectivity index (χ3n) is 3.22. The summed E-state index contributed by atoms with van der Waals surface area (Å²) in [7, 11) is 0. The lowest BCUT2D eigenvalue weighted by molar-refractivity contribution is -0.121. The minimum atomic E-state index is -0.682. The van der Waals surface area contributed by atoms with Crippen molar-refractivity contribution in [2.45, 2.75) is 24.3 Å². The lowest BCUT2D eigenvalue weighted by Crippen LogP contribution is -2.27. The Morgan fingerprint density at radius 2 is 1.74 bits per heavy atom. The average molecular weight is 339 g/mol. The number of nitrogens with one attached hydrogen (secondary N) is 1. The molecule has 0 aromatic heterocycles. The fourth-order valence-corrected chi connectivity index (χ4v) is 2.89. The zero-order valence-electron chi connectivity index (χ0n) is 12.5. The third kappa shape index (κ3) is 5.32. The summed E-state index contributed by atoms with van der Waals surface area (Å²) in [5.41, 5.74) is 0.242. The molecule has 0 radical (unpaired) electrons. The van der Waals surface area contributed by atoms with Gasteiger partial charge in [-0.25, -0.2) is 13.2 Å². The Balaban J connectivity index is 1.81. The number of amides is 1. The maximum atomic E-state index is 13.6. The van der Waals surface area contributed by atoms with Gasteiger partial charge in [-0.15, -0.1) is 11.8 Å². The van der Waals surface area contributed by atoms with Crippen LogP contribution in [0.15, 0.2) is 47.4 Å². The molecule has 6 heteroatoms. The van der Waals surface area contributed by atoms with E-state index in [2.05, 4.69) is 5.32 Å². The molecule has 1 N–H and O–H groups in total. The monoisotopic (exact) mass is 339 g/mol. The Morgan fingerprint density at radius 3 is 2.39 bits per heavy atom. The molecule has 0 fully saturated rings. The van der Waals surface area contributed by atoms with Gasteiger partial charge in [0.05, 0.1) is 6.04 Å². The maximum absolute atomic E-state index is 13.6. The highest BCUT2D eigenvalue weighted by Gasteiger charge is 2.14. The number of benzene rings is 2. The fraction of sp³-hybridized carbons (Fsp3) is 0.235. The van der Waals surface area contributed by atoms with Gasteiger partial charge in [-0.1, -0.05) is 6.07 Å². The van der Waals surface area contributed by atoms with Crippen molar-refractivity contribution in [3.05, 3.63) is 65.5 Å². The summed E-state index contributed by atoms with van der Waals surface area (Å²) in [4.78, 5) is 12.7. The SMILES string of the molecule is C[C@@H](NC(=O)CCSc1ccc(F)cc1)c1ccc(F)cc1F. The molecule has 2 nitrogen and oxygen atoms in total. The van der Waals surface area contributed by atoms with Gasteiger partial charge in [-0.05, 0) is 37.3 Å². The van der Waals surface area contributed by atoms with E-state index in [1.165, 1.54) is 30.0 Å². The first-order chi connectivity index (χ1) is 11.0. The minimum Gasteiger partial charge on any atom is -0.349 e. The largest absolute Gasteiger partial charge is 0.349 e. The molecule has 0 saturated carbocycles. The average Bonchev–Trinajstić information content (AvgIpc) is 2.49. The quantitative estimate of drug-likeness (QED) is 0.787. The molecule has 0 aliphatic carbocycles. The van der Waals surface area contributed by atoms with E-state index in [4.69, 9.17) is 0 Å². The molecule has 1 atom stereocenters. The van der Waals surface area contributed by atoms with E-state index in [-0.39, 0.29) is 23.7 Å². The predicted octanol–water partition coefficient (Wildman–Crippen LogP) is 4.46. The molecule has 122 valence electrons. The van der Waals surface area contributed by atoms with Gasteiger partial charge in [0.2, 0.25) is 5.91 Å². The first kappa shape index (κ1) is 17.4. The standard InChI is InChI=1S/C17H16F3NOS/c1-11(15-7-4-13(19)10-16(15)20)21-17(22)8-9-23-14-5-2-12(18)3-6-14/h2-7,10-11H,8-9H2,1H3,(H,21,22)/t11-/m1/s1. The topological polar surface area (TPSA) is 29.1 Å². The number of hydrogen-bond acceptors (Lipinski definition) is 2. The number of carbonyl (C=O) groups is 1. The summed E-state index contributed by atoms with van der Waals surface area (Å²) in [5, 5.41) is 2.68. The molecule has 1 amide bonds. The van der Waals surface area contributed by atoms with E-state index in [1.54, 1.807) is 19.1 Å². The van der Waals surface area contributed by atoms with Gasteiger partial charge >= 0.3 is 0 Å². The summed E-state index contributed by atoms with van der Waals surface area (Å²) < 4.78 is 39.3. The highest BCUT2D eigenvalue weighted by Crippen LogP contribution is 2.20. The van der Waals surface area contributed by atoms with Gasteiger partial charge in [0.25, 0.3) is 0 Å². The second-order valence-corrected chi connectivity index (χ2v) is 6.18. The van der Waals surface area contributed by atoms with Crippen molar-refractivity contribution < 1.29 is 18.0 Å². The molecule has 23 heavy (non-hydrogen) atoms. The summed E-state index contributed by atoms with van der Waals surface area (Å²) in [5.74, 6) is -1.34. The van der Waals surface area contributed by atoms with Crippen molar-refractivity contribution in [1.82, 2.24) is 5.32 Å². The summed E-state index contributed by atoms with van der Waals surface area (Å²) >= 11 is 1.43. The third-order valence-corrected chi connectivity index (χ3v) is 4.23. The molecule has 0 unspecified atom stereocenters. The van der Waals surface area contributed by atoms with Crippen LogP contribution in [-0.2, 0) is 4.79 Å². The van der Waals surface area contributed by atoms with Gasteiger partial charge in [0.15, 0.2) is 0 Å². The van der Waals surface area contributed by atoms with Gasteiger partial charge in [-0.2, -0.15) is 0 Å². The van der Waals surface area contributed by atoms with Crippen LogP contribution >= 0.6 is 11.8 Å². The van der Waals surface area contributed by atoms with Crippen LogP contribution in [0, 0.1) is 17.5 Å². The first-order valence-electron chi connectivity index (χ1n) is 7.08. The summed E-state index contributed by atoms with van der Waals surface area (Å²) in [6.45, 7) is 1.64. The molecule has 0 spiro atoms. The zero-order chi connectivity index (χ0) is 16.8. The molecule has 0 aliphatic heterocycles. The second-order valence-electron chi connectivity index (χ2n) is 5.01. The Labute approximate surface area is 137 Å². The van der Waals surface area contributed by atoms with Crippen LogP contribution in [0.5, 0.6) is 0 Å². The van der Waals surface area contributed by atoms with E-state index in [9.17, 15) is 18.0 Å². The number of carbonyl (C=O) groups excluding carboxylic acids is 1. The van der Waals surface area contributed by atoms with Crippen LogP contribution in [0.3, 0.4) is 0 Å². The van der Waals surface area contributed by atoms with Crippen LogP contribution < -0.4 is 5.32 Å². The van der Waals surface area contributed by atoms with Crippen LogP contribution in [0.1, 0.15) is 24.9 Å². The lowest BCUT2D eigenvalue weighted by atomic mass is 10.1. The molecular weight excluding hydrogens is 323 g/mol. The zero-order valence-corrected chi connectivity index (χ0v) is 13.3. The van der Waals surface area contributed by atoms with Crippen molar-refractivity contribution in [3.8, 4) is 0 Å². The predicted molar refractivity (Wildman–Crippen MR) is 84.7 cm³/mol. The van der Waals surface area contributed by atoms with Crippen LogP contribution in [0.2, 0.25) is 0 Å². The Morgan fingerprint density at radius 1 is 1.09 bits per heavy atom. The van der Waals surface area contributed by atoms with Gasteiger partial charge in [-0.3, -0.25) is 4.79 Å². The molecular formula is C17H16F3NOS. The molecule has 2 rings (SSSR count). The van der Waals surface area contributed by atoms with Crippen molar-refractivity contribution in [2.24, 2.45) is 0 Å². The number of hydrogen-bond donors (Lipinski definition) is 1. The Bertz CT molecular complexity index is 676. The lowest BCUT2D eigenvalue weighted by Gasteiger charge is -2.15. The van der Waals surface area contributed by atoms with Gasteiger partial charge in [0.1, 0.15) is 17.5 Å². The number of thioether (sulfide) groups is 1. The summed E-state index contributed by atoms with van der Waals surface area (Å²) in [6.07, 6.45) is 0.245. The highest BCUT2D eigenvalue weighted by molar-refractivity contribution is 7.99. The van der Waals surface area contributed by atoms with Crippen LogP contribution in [0.4, 0.5) is 13.2 Å². The van der Waals surface area contributed by atoms with E-state index in [0.717, 1.165) is 17.0 Å². The maximum Gasteiger partial charge on any atom is 0.221 e. The van der Waals surface area contributed by atoms with Gasteiger partial charge < -0.3 is 5.32 Å². The number of rotatable bonds is 6. The fourth-order valence-electron chi connectivity index (χ4n) is 2.04. The molecule has 0 heterocycles. The van der Waals surface area contributed by atoms with Crippen molar-refractivity contribution >= 4 is 17.7 Å². The van der Waals surface area contributed by atoms with E-state index in [1.807, 2.05) is 0 Å². The smallest absolute Gasteiger partial charge is 0.221 e. The van der Waals surface area contributed by atoms with Crippen molar-refractivity contribution in [3.63, 3.8) is 0 Å². The molecule has 0 bridgehead atoms. The first-order valence-corrected chi connectivity index (χ1v) is 8.07.